The Labute approximate surface area is 284 Å². The number of hydrogen-bond acceptors (Lipinski definition) is 5. The van der Waals surface area contributed by atoms with E-state index in [0.717, 1.165) is 23.3 Å². The largest absolute Gasteiger partial charge is 0.460 e. The molecule has 0 amide bonds. The molecule has 0 spiro atoms. The molecule has 0 unspecified atom stereocenters. The molecule has 0 aliphatic heterocycles. The molecular formula is C36H21F9N2O3S. The minimum atomic E-state index is -7.43. The van der Waals surface area contributed by atoms with Crippen molar-refractivity contribution < 1.29 is 52.1 Å². The fraction of sp³-hybridized carbons (Fsp3) is 0.111. The molecule has 0 bridgehead atoms. The van der Waals surface area contributed by atoms with Crippen LogP contribution in [-0.4, -0.2) is 41.7 Å². The van der Waals surface area contributed by atoms with Crippen LogP contribution >= 0.6 is 0 Å². The number of alkyl halides is 9. The summed E-state index contributed by atoms with van der Waals surface area (Å²) >= 11 is 0. The summed E-state index contributed by atoms with van der Waals surface area (Å²) in [6.07, 6.45) is -7.21. The van der Waals surface area contributed by atoms with E-state index in [0.29, 0.717) is 33.9 Å². The highest BCUT2D eigenvalue weighted by atomic mass is 32.2. The normalized spacial score (nSPS) is 13.0. The van der Waals surface area contributed by atoms with Gasteiger partial charge < -0.3 is 4.18 Å². The topological polar surface area (TPSA) is 69.2 Å². The first kappa shape index (κ1) is 35.4. The highest BCUT2D eigenvalue weighted by molar-refractivity contribution is 7.88. The van der Waals surface area contributed by atoms with Crippen molar-refractivity contribution in [3.63, 3.8) is 0 Å². The number of benzene rings is 5. The van der Waals surface area contributed by atoms with Gasteiger partial charge >= 0.3 is 33.4 Å². The van der Waals surface area contributed by atoms with Crippen LogP contribution in [0.4, 0.5) is 39.5 Å². The molecule has 51 heavy (non-hydrogen) atoms. The van der Waals surface area contributed by atoms with Crippen LogP contribution < -0.4 is 4.18 Å². The van der Waals surface area contributed by atoms with Crippen LogP contribution in [0.25, 0.3) is 55.8 Å². The van der Waals surface area contributed by atoms with Crippen molar-refractivity contribution >= 4 is 20.9 Å². The Morgan fingerprint density at radius 3 is 1.51 bits per heavy atom. The summed E-state index contributed by atoms with van der Waals surface area (Å²) in [6, 6.07) is 34.7. The Morgan fingerprint density at radius 1 is 0.490 bits per heavy atom. The van der Waals surface area contributed by atoms with Crippen molar-refractivity contribution in [3.8, 4) is 50.8 Å². The van der Waals surface area contributed by atoms with Gasteiger partial charge in [0.1, 0.15) is 0 Å². The van der Waals surface area contributed by atoms with Crippen molar-refractivity contribution in [2.24, 2.45) is 0 Å². The summed E-state index contributed by atoms with van der Waals surface area (Å²) in [6.45, 7) is 0. The first-order valence-electron chi connectivity index (χ1n) is 14.7. The van der Waals surface area contributed by atoms with Crippen molar-refractivity contribution in [2.45, 2.75) is 23.3 Å². The third kappa shape index (κ3) is 6.26. The molecule has 1 heterocycles. The number of halogens is 9. The summed E-state index contributed by atoms with van der Waals surface area (Å²) < 4.78 is 150. The van der Waals surface area contributed by atoms with Crippen LogP contribution in [0.3, 0.4) is 0 Å². The average Bonchev–Trinajstić information content (AvgIpc) is 3.11. The molecule has 262 valence electrons. The zero-order chi connectivity index (χ0) is 36.8. The average molecular weight is 733 g/mol. The van der Waals surface area contributed by atoms with E-state index in [4.69, 9.17) is 9.97 Å². The van der Waals surface area contributed by atoms with Crippen LogP contribution in [0.2, 0.25) is 0 Å². The van der Waals surface area contributed by atoms with Crippen LogP contribution in [0.1, 0.15) is 0 Å². The van der Waals surface area contributed by atoms with E-state index >= 15 is 0 Å². The Kier molecular flexibility index (Phi) is 8.82. The SMILES string of the molecule is O=S(=O)(Oc1ccc(-c2ccc(-c3cc(-c4ccccc4)nc(-c4ccccc4)n3)cc2)c2ccccc12)C(F)(F)C(F)(F)C(F)(F)C(F)(F)F. The third-order valence-electron chi connectivity index (χ3n) is 7.83. The molecule has 0 aliphatic carbocycles. The molecular weight excluding hydrogens is 711 g/mol. The van der Waals surface area contributed by atoms with E-state index in [1.807, 2.05) is 66.7 Å². The number of hydrogen-bond donors (Lipinski definition) is 0. The fourth-order valence-corrected chi connectivity index (χ4v) is 6.10. The Morgan fingerprint density at radius 2 is 0.961 bits per heavy atom. The smallest absolute Gasteiger partial charge is 0.377 e. The first-order chi connectivity index (χ1) is 23.9. The van der Waals surface area contributed by atoms with Crippen LogP contribution in [0, 0.1) is 0 Å². The first-order valence-corrected chi connectivity index (χ1v) is 16.1. The van der Waals surface area contributed by atoms with Crippen molar-refractivity contribution in [1.29, 1.82) is 0 Å². The summed E-state index contributed by atoms with van der Waals surface area (Å²) in [5.74, 6) is -15.4. The highest BCUT2D eigenvalue weighted by Gasteiger charge is 2.86. The number of rotatable bonds is 9. The van der Waals surface area contributed by atoms with E-state index in [1.165, 1.54) is 24.3 Å². The molecule has 1 aromatic heterocycles. The molecule has 0 radical (unpaired) electrons. The second kappa shape index (κ2) is 12.7. The Bertz CT molecular complexity index is 2260. The van der Waals surface area contributed by atoms with E-state index in [-0.39, 0.29) is 10.8 Å². The summed E-state index contributed by atoms with van der Waals surface area (Å²) in [5, 5.41) is -7.11. The number of nitrogens with zero attached hydrogens (tertiary/aromatic N) is 2. The van der Waals surface area contributed by atoms with Crippen LogP contribution in [0.5, 0.6) is 5.75 Å². The highest BCUT2D eigenvalue weighted by Crippen LogP contribution is 2.55. The van der Waals surface area contributed by atoms with Gasteiger partial charge in [-0.2, -0.15) is 47.9 Å². The van der Waals surface area contributed by atoms with E-state index in [1.54, 1.807) is 24.3 Å². The fourth-order valence-electron chi connectivity index (χ4n) is 5.17. The maximum Gasteiger partial charge on any atom is 0.460 e. The van der Waals surface area contributed by atoms with Gasteiger partial charge in [0.25, 0.3) is 0 Å². The lowest BCUT2D eigenvalue weighted by Gasteiger charge is -2.32. The lowest BCUT2D eigenvalue weighted by Crippen LogP contribution is -2.63. The molecule has 0 fully saturated rings. The van der Waals surface area contributed by atoms with Gasteiger partial charge in [-0.15, -0.1) is 0 Å². The molecule has 5 nitrogen and oxygen atoms in total. The van der Waals surface area contributed by atoms with Crippen molar-refractivity contribution in [3.05, 3.63) is 127 Å². The Balaban J connectivity index is 1.36. The van der Waals surface area contributed by atoms with Gasteiger partial charge in [0.05, 0.1) is 11.4 Å². The minimum Gasteiger partial charge on any atom is -0.377 e. The summed E-state index contributed by atoms with van der Waals surface area (Å²) in [7, 11) is -7.14. The van der Waals surface area contributed by atoms with E-state index in [2.05, 4.69) is 4.18 Å². The van der Waals surface area contributed by atoms with Gasteiger partial charge in [-0.3, -0.25) is 0 Å². The molecule has 0 atom stereocenters. The standard InChI is InChI=1S/C36H21F9N2O3S/c37-33(38,35(41,42)43)34(39,40)36(44,45)51(48,49)50-31-20-19-26(27-13-7-8-14-28(27)31)22-15-17-24(18-16-22)30-21-29(23-9-3-1-4-10-23)46-32(47-30)25-11-5-2-6-12-25/h1-21H. The van der Waals surface area contributed by atoms with Gasteiger partial charge in [-0.05, 0) is 34.7 Å². The van der Waals surface area contributed by atoms with E-state index in [9.17, 15) is 47.9 Å². The van der Waals surface area contributed by atoms with Crippen molar-refractivity contribution in [2.75, 3.05) is 0 Å². The monoisotopic (exact) mass is 732 g/mol. The molecule has 6 rings (SSSR count). The quantitative estimate of drug-likeness (QED) is 0.109. The number of aromatic nitrogens is 2. The second-order valence-electron chi connectivity index (χ2n) is 11.1. The lowest BCUT2D eigenvalue weighted by atomic mass is 9.96. The molecule has 0 saturated heterocycles. The van der Waals surface area contributed by atoms with Gasteiger partial charge in [-0.1, -0.05) is 109 Å². The van der Waals surface area contributed by atoms with Crippen molar-refractivity contribution in [1.82, 2.24) is 9.97 Å². The molecule has 5 aromatic carbocycles. The van der Waals surface area contributed by atoms with Crippen LogP contribution in [-0.2, 0) is 10.1 Å². The second-order valence-corrected chi connectivity index (χ2v) is 12.7. The molecule has 0 saturated carbocycles. The van der Waals surface area contributed by atoms with Gasteiger partial charge in [0.2, 0.25) is 0 Å². The molecule has 0 aliphatic rings. The lowest BCUT2D eigenvalue weighted by molar-refractivity contribution is -0.382. The zero-order valence-electron chi connectivity index (χ0n) is 25.6. The minimum absolute atomic E-state index is 0.147. The summed E-state index contributed by atoms with van der Waals surface area (Å²) in [4.78, 5) is 9.50. The third-order valence-corrected chi connectivity index (χ3v) is 9.12. The van der Waals surface area contributed by atoms with E-state index < -0.39 is 39.1 Å². The summed E-state index contributed by atoms with van der Waals surface area (Å²) in [5.41, 5.74) is 4.41. The molecule has 6 aromatic rings. The molecule has 15 heteroatoms. The Hall–Kier alpha value is -5.44. The zero-order valence-corrected chi connectivity index (χ0v) is 26.4. The predicted octanol–water partition coefficient (Wildman–Crippen LogP) is 10.4. The predicted molar refractivity (Wildman–Crippen MR) is 172 cm³/mol. The molecule has 0 N–H and O–H groups in total. The number of fused-ring (bicyclic) bond motifs is 1. The van der Waals surface area contributed by atoms with Crippen LogP contribution in [0.15, 0.2) is 127 Å². The maximum absolute atomic E-state index is 14.4. The van der Waals surface area contributed by atoms with Gasteiger partial charge in [0, 0.05) is 22.1 Å². The maximum atomic E-state index is 14.4. The van der Waals surface area contributed by atoms with Gasteiger partial charge in [-0.25, -0.2) is 9.97 Å². The van der Waals surface area contributed by atoms with Gasteiger partial charge in [0.15, 0.2) is 11.6 Å².